The number of aryl methyl sites for hydroxylation is 1. The molecule has 0 saturated carbocycles. The lowest BCUT2D eigenvalue weighted by Crippen LogP contribution is -2.17. The van der Waals surface area contributed by atoms with E-state index in [0.717, 1.165) is 11.1 Å². The smallest absolute Gasteiger partial charge is 0.220 e. The molecule has 0 spiro atoms. The summed E-state index contributed by atoms with van der Waals surface area (Å²) in [5.74, 6) is 1.02. The molecule has 0 fully saturated rings. The Hall–Kier alpha value is -2.36. The van der Waals surface area contributed by atoms with Crippen molar-refractivity contribution in [3.8, 4) is 11.3 Å². The second-order valence-electron chi connectivity index (χ2n) is 4.19. The van der Waals surface area contributed by atoms with Crippen molar-refractivity contribution in [1.29, 1.82) is 0 Å². The van der Waals surface area contributed by atoms with E-state index in [-0.39, 0.29) is 5.91 Å². The van der Waals surface area contributed by atoms with E-state index in [1.54, 1.807) is 19.2 Å². The first kappa shape index (κ1) is 13.1. The maximum atomic E-state index is 11.2. The van der Waals surface area contributed by atoms with Crippen molar-refractivity contribution in [2.45, 2.75) is 12.8 Å². The van der Waals surface area contributed by atoms with Crippen LogP contribution in [-0.4, -0.2) is 19.2 Å². The molecule has 0 saturated heterocycles. The van der Waals surface area contributed by atoms with Crippen LogP contribution >= 0.6 is 0 Å². The van der Waals surface area contributed by atoms with Gasteiger partial charge in [-0.15, -0.1) is 0 Å². The Morgan fingerprint density at radius 1 is 1.21 bits per heavy atom. The average molecular weight is 257 g/mol. The Morgan fingerprint density at radius 2 is 1.95 bits per heavy atom. The average Bonchev–Trinajstić information content (AvgIpc) is 2.94. The molecule has 0 atom stereocenters. The van der Waals surface area contributed by atoms with Gasteiger partial charge in [0.1, 0.15) is 5.76 Å². The molecular weight excluding hydrogens is 242 g/mol. The minimum atomic E-state index is 0.0331. The van der Waals surface area contributed by atoms with Crippen LogP contribution in [0.25, 0.3) is 11.3 Å². The SMILES string of the molecule is CNC(=O)CCc1ccc(-c2ccc(C=O)o2)cc1. The Balaban J connectivity index is 2.05. The van der Waals surface area contributed by atoms with Gasteiger partial charge in [0.25, 0.3) is 0 Å². The lowest BCUT2D eigenvalue weighted by molar-refractivity contribution is -0.120. The van der Waals surface area contributed by atoms with Gasteiger partial charge in [-0.3, -0.25) is 9.59 Å². The molecule has 98 valence electrons. The lowest BCUT2D eigenvalue weighted by atomic mass is 10.1. The predicted molar refractivity (Wildman–Crippen MR) is 71.9 cm³/mol. The van der Waals surface area contributed by atoms with Crippen molar-refractivity contribution in [2.75, 3.05) is 7.05 Å². The number of furan rings is 1. The molecule has 1 amide bonds. The van der Waals surface area contributed by atoms with Gasteiger partial charge in [-0.25, -0.2) is 0 Å². The van der Waals surface area contributed by atoms with Gasteiger partial charge in [0.15, 0.2) is 12.0 Å². The number of benzene rings is 1. The standard InChI is InChI=1S/C15H15NO3/c1-16-15(18)9-4-11-2-5-12(6-3-11)14-8-7-13(10-17)19-14/h2-3,5-8,10H,4,9H2,1H3,(H,16,18). The van der Waals surface area contributed by atoms with E-state index < -0.39 is 0 Å². The summed E-state index contributed by atoms with van der Waals surface area (Å²) in [4.78, 5) is 21.7. The summed E-state index contributed by atoms with van der Waals surface area (Å²) in [6.45, 7) is 0. The number of rotatable bonds is 5. The highest BCUT2D eigenvalue weighted by molar-refractivity contribution is 5.76. The zero-order chi connectivity index (χ0) is 13.7. The Labute approximate surface area is 111 Å². The van der Waals surface area contributed by atoms with Crippen LogP contribution < -0.4 is 5.32 Å². The molecule has 4 nitrogen and oxygen atoms in total. The summed E-state index contributed by atoms with van der Waals surface area (Å²) in [5.41, 5.74) is 2.01. The third-order valence-electron chi connectivity index (χ3n) is 2.90. The van der Waals surface area contributed by atoms with Gasteiger partial charge < -0.3 is 9.73 Å². The molecule has 1 aromatic carbocycles. The maximum Gasteiger partial charge on any atom is 0.220 e. The molecular formula is C15H15NO3. The highest BCUT2D eigenvalue weighted by Gasteiger charge is 2.05. The van der Waals surface area contributed by atoms with Crippen molar-refractivity contribution in [2.24, 2.45) is 0 Å². The van der Waals surface area contributed by atoms with Crippen LogP contribution in [0.5, 0.6) is 0 Å². The first-order chi connectivity index (χ1) is 9.22. The molecule has 0 unspecified atom stereocenters. The largest absolute Gasteiger partial charge is 0.453 e. The molecule has 1 heterocycles. The number of hydrogen-bond donors (Lipinski definition) is 1. The minimum Gasteiger partial charge on any atom is -0.453 e. The first-order valence-electron chi connectivity index (χ1n) is 6.08. The molecule has 2 aromatic rings. The summed E-state index contributed by atoms with van der Waals surface area (Å²) >= 11 is 0. The zero-order valence-electron chi connectivity index (χ0n) is 10.7. The van der Waals surface area contributed by atoms with Crippen molar-refractivity contribution in [3.05, 3.63) is 47.7 Å². The number of carbonyl (C=O) groups is 2. The van der Waals surface area contributed by atoms with Gasteiger partial charge >= 0.3 is 0 Å². The molecule has 1 aromatic heterocycles. The molecule has 0 bridgehead atoms. The normalized spacial score (nSPS) is 10.2. The molecule has 0 aliphatic heterocycles. The lowest BCUT2D eigenvalue weighted by Gasteiger charge is -2.02. The van der Waals surface area contributed by atoms with Crippen LogP contribution in [0.2, 0.25) is 0 Å². The first-order valence-corrected chi connectivity index (χ1v) is 6.08. The molecule has 0 radical (unpaired) electrons. The number of aldehydes is 1. The van der Waals surface area contributed by atoms with Crippen molar-refractivity contribution in [1.82, 2.24) is 5.32 Å². The molecule has 19 heavy (non-hydrogen) atoms. The van der Waals surface area contributed by atoms with Gasteiger partial charge in [0.05, 0.1) is 0 Å². The van der Waals surface area contributed by atoms with Gasteiger partial charge in [0, 0.05) is 19.0 Å². The van der Waals surface area contributed by atoms with Crippen LogP contribution in [0.4, 0.5) is 0 Å². The highest BCUT2D eigenvalue weighted by atomic mass is 16.3. The van der Waals surface area contributed by atoms with Crippen molar-refractivity contribution in [3.63, 3.8) is 0 Å². The summed E-state index contributed by atoms with van der Waals surface area (Å²) in [6, 6.07) is 11.2. The van der Waals surface area contributed by atoms with Crippen molar-refractivity contribution >= 4 is 12.2 Å². The molecule has 0 aliphatic carbocycles. The van der Waals surface area contributed by atoms with Crippen LogP contribution in [-0.2, 0) is 11.2 Å². The monoisotopic (exact) mass is 257 g/mol. The van der Waals surface area contributed by atoms with E-state index in [2.05, 4.69) is 5.32 Å². The molecule has 0 aliphatic rings. The summed E-state index contributed by atoms with van der Waals surface area (Å²) < 4.78 is 5.34. The quantitative estimate of drug-likeness (QED) is 0.837. The topological polar surface area (TPSA) is 59.3 Å². The fraction of sp³-hybridized carbons (Fsp3) is 0.200. The summed E-state index contributed by atoms with van der Waals surface area (Å²) in [7, 11) is 1.63. The van der Waals surface area contributed by atoms with E-state index in [1.165, 1.54) is 0 Å². The Bertz CT molecular complexity index is 569. The van der Waals surface area contributed by atoms with Gasteiger partial charge in [-0.05, 0) is 24.1 Å². The van der Waals surface area contributed by atoms with Crippen LogP contribution in [0.3, 0.4) is 0 Å². The van der Waals surface area contributed by atoms with Gasteiger partial charge in [-0.2, -0.15) is 0 Å². The van der Waals surface area contributed by atoms with E-state index >= 15 is 0 Å². The zero-order valence-corrected chi connectivity index (χ0v) is 10.7. The Kier molecular flexibility index (Phi) is 4.13. The molecule has 4 heteroatoms. The summed E-state index contributed by atoms with van der Waals surface area (Å²) in [6.07, 6.45) is 1.87. The fourth-order valence-corrected chi connectivity index (χ4v) is 1.79. The third kappa shape index (κ3) is 3.31. The number of hydrogen-bond acceptors (Lipinski definition) is 3. The van der Waals surface area contributed by atoms with Gasteiger partial charge in [0.2, 0.25) is 5.91 Å². The summed E-state index contributed by atoms with van der Waals surface area (Å²) in [5, 5.41) is 2.59. The van der Waals surface area contributed by atoms with E-state index in [9.17, 15) is 9.59 Å². The predicted octanol–water partition coefficient (Wildman–Crippen LogP) is 2.44. The minimum absolute atomic E-state index is 0.0331. The van der Waals surface area contributed by atoms with Gasteiger partial charge in [-0.1, -0.05) is 24.3 Å². The maximum absolute atomic E-state index is 11.2. The molecule has 1 N–H and O–H groups in total. The number of nitrogens with one attached hydrogen (secondary N) is 1. The van der Waals surface area contributed by atoms with E-state index in [4.69, 9.17) is 4.42 Å². The fourth-order valence-electron chi connectivity index (χ4n) is 1.79. The van der Waals surface area contributed by atoms with Crippen molar-refractivity contribution < 1.29 is 14.0 Å². The molecule has 2 rings (SSSR count). The number of carbonyl (C=O) groups excluding carboxylic acids is 2. The highest BCUT2D eigenvalue weighted by Crippen LogP contribution is 2.22. The number of amides is 1. The van der Waals surface area contributed by atoms with E-state index in [1.807, 2.05) is 24.3 Å². The van der Waals surface area contributed by atoms with Crippen LogP contribution in [0, 0.1) is 0 Å². The van der Waals surface area contributed by atoms with Crippen LogP contribution in [0.1, 0.15) is 22.5 Å². The second-order valence-corrected chi connectivity index (χ2v) is 4.19. The van der Waals surface area contributed by atoms with Crippen LogP contribution in [0.15, 0.2) is 40.8 Å². The second kappa shape index (κ2) is 6.00. The van der Waals surface area contributed by atoms with E-state index in [0.29, 0.717) is 30.6 Å². The Morgan fingerprint density at radius 3 is 2.53 bits per heavy atom. The third-order valence-corrected chi connectivity index (χ3v) is 2.90.